The number of methoxy groups -OCH3 is 5. The van der Waals surface area contributed by atoms with Crippen LogP contribution in [0, 0.1) is 44.0 Å². The zero-order chi connectivity index (χ0) is 88.9. The Kier molecular flexibility index (Phi) is 40.8. The Labute approximate surface area is 775 Å². The van der Waals surface area contributed by atoms with Gasteiger partial charge in [-0.05, 0) is 198 Å². The first-order valence-corrected chi connectivity index (χ1v) is 41.1. The van der Waals surface area contributed by atoms with Crippen molar-refractivity contribution in [3.8, 4) is 17.1 Å². The fraction of sp³-hybridized carbons (Fsp3) is 0.308. The third kappa shape index (κ3) is 26.9. The van der Waals surface area contributed by atoms with Crippen LogP contribution in [0.2, 0.25) is 0 Å². The number of aryl methyl sites for hydroxylation is 3. The number of carbonyl (C=O) groups is 6. The number of hydrogen-bond acceptors (Lipinski definition) is 25. The molecule has 9 N–H and O–H groups in total. The van der Waals surface area contributed by atoms with Crippen molar-refractivity contribution in [2.24, 2.45) is 0 Å². The van der Waals surface area contributed by atoms with Crippen LogP contribution in [0.1, 0.15) is 107 Å². The van der Waals surface area contributed by atoms with Crippen LogP contribution in [0.25, 0.3) is 56.3 Å². The summed E-state index contributed by atoms with van der Waals surface area (Å²) in [6.45, 7) is 19.3. The Morgan fingerprint density at radius 3 is 1.17 bits per heavy atom. The standard InChI is InChI=1S/C26H25FN6O2S.C16H13FN2O2.C15H11FN2O2.C14H13FN2O2.C11H16N4OS.C5H12O3.C2H6O.2CH4.H2N.Na.H2O/c1-17-29-22-14-18(2-7-23(22)33(17)20-5-3-19(27)4-6-20)25(34)32-15-21(16-32)30-9-11-31(12-10-30)26(35)24-28-8-13-36-24;1-10-18-14-9-11(16(20)21-2)3-8-15(14)19(10)13-6-4-12(17)5-7-13;1-9-17-13-8-10(15(19)20)2-7-14(13)18(9)12-5-3-11(16)4-6-12;1-19-14(18)9-2-7-13(12(16)8-9)17-11-5-3-10(15)4-6-11;16-11(10-13-1-6-17-10)15-4-2-14(3-5-15)9-7-12-8-9;1-5(6-2,7-3)8-4;1-2-3;;;;;/h2-8,13-14,21H,9-12,15-16H2,1H3;3-9H,1-2H3;2-8H,1H3,(H,19,20);2-8,17H,16H2,1H3;1,6,9,12H,2-5,7-8H2;1-4H3;3H,2H2,1H3;2*1H4;1H2;;1H2/q;;;;;;;;;-1;+1;/p-1. The Bertz CT molecular complexity index is 5790. The second kappa shape index (κ2) is 49.7. The minimum atomic E-state index is -0.985. The molecule has 0 spiro atoms. The van der Waals surface area contributed by atoms with Gasteiger partial charge >= 0.3 is 47.5 Å². The van der Waals surface area contributed by atoms with Gasteiger partial charge < -0.3 is 76.6 Å². The summed E-state index contributed by atoms with van der Waals surface area (Å²) >= 11 is 2.79. The van der Waals surface area contributed by atoms with Gasteiger partial charge in [-0.2, -0.15) is 0 Å². The van der Waals surface area contributed by atoms with Gasteiger partial charge in [-0.15, -0.1) is 22.7 Å². The average Bonchev–Trinajstić information content (AvgIpc) is 1.75. The third-order valence-electron chi connectivity index (χ3n) is 20.7. The number of fused-ring (bicyclic) bond motifs is 3. The Hall–Kier alpha value is -11.8. The number of nitrogens with one attached hydrogen (secondary N) is 2. The molecule has 5 aromatic heterocycles. The van der Waals surface area contributed by atoms with Crippen LogP contribution in [-0.4, -0.2) is 253 Å². The van der Waals surface area contributed by atoms with E-state index in [1.807, 2.05) is 84.2 Å². The largest absolute Gasteiger partial charge is 1.00 e. The minimum absolute atomic E-state index is 0. The summed E-state index contributed by atoms with van der Waals surface area (Å²) in [5.74, 6) is -1.53. The number of amides is 3. The number of likely N-dealkylation sites (tertiary alicyclic amines) is 1. The topological polar surface area (TPSA) is 398 Å². The normalized spacial score (nSPS) is 13.5. The van der Waals surface area contributed by atoms with E-state index in [1.165, 1.54) is 125 Å². The maximum Gasteiger partial charge on any atom is 1.00 e. The number of piperazine rings is 2. The van der Waals surface area contributed by atoms with Crippen molar-refractivity contribution in [3.63, 3.8) is 0 Å². The molecule has 0 atom stereocenters. The molecule has 31 nitrogen and oxygen atoms in total. The molecule has 38 heteroatoms. The summed E-state index contributed by atoms with van der Waals surface area (Å²) < 4.78 is 81.6. The van der Waals surface area contributed by atoms with Crippen LogP contribution >= 0.6 is 22.7 Å². The fourth-order valence-electron chi connectivity index (χ4n) is 13.8. The molecule has 17 rings (SSSR count). The number of nitrogens with zero attached hydrogens (tertiary/aromatic N) is 13. The average molecular weight is 1830 g/mol. The van der Waals surface area contributed by atoms with Gasteiger partial charge in [0.2, 0.25) is 0 Å². The number of aliphatic hydroxyl groups excluding tert-OH is 1. The predicted molar refractivity (Wildman–Crippen MR) is 486 cm³/mol. The van der Waals surface area contributed by atoms with Crippen LogP contribution in [0.5, 0.6) is 0 Å². The van der Waals surface area contributed by atoms with Gasteiger partial charge in [0.05, 0.1) is 75.4 Å². The van der Waals surface area contributed by atoms with Crippen LogP contribution in [0.3, 0.4) is 0 Å². The number of benzene rings is 8. The van der Waals surface area contributed by atoms with E-state index in [-0.39, 0.29) is 109 Å². The van der Waals surface area contributed by atoms with E-state index in [0.717, 1.165) is 103 Å². The van der Waals surface area contributed by atoms with Crippen molar-refractivity contribution in [2.45, 2.75) is 67.5 Å². The second-order valence-corrected chi connectivity index (χ2v) is 30.3. The number of esters is 2. The molecule has 4 aliphatic heterocycles. The number of thiazole rings is 2. The number of hydrogen-bond donors (Lipinski definition) is 5. The molecule has 0 radical (unpaired) electrons. The van der Waals surface area contributed by atoms with E-state index >= 15 is 0 Å². The van der Waals surface area contributed by atoms with E-state index in [9.17, 15) is 46.3 Å². The summed E-state index contributed by atoms with van der Waals surface area (Å²) in [5, 5.41) is 27.7. The van der Waals surface area contributed by atoms with Gasteiger partial charge in [-0.25, -0.2) is 56.9 Å². The monoisotopic (exact) mass is 1820 g/mol. The molecular weight excluding hydrogens is 1720 g/mol. The van der Waals surface area contributed by atoms with Gasteiger partial charge in [-0.1, -0.05) is 14.9 Å². The number of aliphatic hydroxyl groups is 1. The summed E-state index contributed by atoms with van der Waals surface area (Å²) in [5.41, 5.74) is 16.2. The second-order valence-electron chi connectivity index (χ2n) is 28.5. The molecule has 4 saturated heterocycles. The quantitative estimate of drug-likeness (QED) is 0.0197. The van der Waals surface area contributed by atoms with Gasteiger partial charge in [0.25, 0.3) is 23.7 Å². The third-order valence-corrected chi connectivity index (χ3v) is 22.2. The number of aromatic nitrogens is 8. The number of halogens is 4. The van der Waals surface area contributed by atoms with Crippen molar-refractivity contribution >= 4 is 108 Å². The Morgan fingerprint density at radius 1 is 0.496 bits per heavy atom. The van der Waals surface area contributed by atoms with Crippen molar-refractivity contribution in [1.82, 2.24) is 68.4 Å². The first-order valence-electron chi connectivity index (χ1n) is 39.4. The minimum Gasteiger partial charge on any atom is -0.870 e. The SMILES string of the molecule is C.C.CCO.COC(=O)c1ccc(Nc2ccc(F)cc2)c(N)c1.COC(=O)c1ccc2c(c1)nc(C)n2-c1ccc(F)cc1.COC(C)(OC)OC.Cc1nc2cc(C(=O)N3CC(N4CCN(C(=O)c5nccs5)CC4)C3)ccc2n1-c1ccc(F)cc1.Cc1nc2cc(C(=O)O)ccc2n1-c1ccc(F)cc1.O=C(c1nccs1)N1CCN(C2CNC2)CC1.[NH2-].[Na+].[OH-]. The maximum atomic E-state index is 13.4. The fourth-order valence-corrected chi connectivity index (χ4v) is 15.0. The zero-order valence-corrected chi connectivity index (χ0v) is 75.6. The molecule has 0 saturated carbocycles. The van der Waals surface area contributed by atoms with Crippen LogP contribution in [0.15, 0.2) is 193 Å². The molecule has 8 aromatic carbocycles. The van der Waals surface area contributed by atoms with E-state index in [4.69, 9.17) is 34.9 Å². The first kappa shape index (κ1) is 106. The number of carbonyl (C=O) groups excluding carboxylic acids is 5. The molecule has 682 valence electrons. The molecule has 4 aliphatic rings. The van der Waals surface area contributed by atoms with Crippen molar-refractivity contribution in [1.29, 1.82) is 0 Å². The first-order chi connectivity index (χ1) is 59.7. The van der Waals surface area contributed by atoms with Gasteiger partial charge in [0, 0.05) is 177 Å². The number of ether oxygens (including phenoxy) is 5. The number of rotatable bonds is 16. The van der Waals surface area contributed by atoms with Crippen LogP contribution < -0.4 is 45.9 Å². The number of imidazole rings is 3. The number of anilines is 3. The summed E-state index contributed by atoms with van der Waals surface area (Å²) in [4.78, 5) is 104. The molecule has 129 heavy (non-hydrogen) atoms. The predicted octanol–water partition coefficient (Wildman–Crippen LogP) is 11.9. The summed E-state index contributed by atoms with van der Waals surface area (Å²) in [7, 11) is 7.21. The van der Waals surface area contributed by atoms with Crippen molar-refractivity contribution in [2.75, 3.05) is 132 Å². The molecule has 0 bridgehead atoms. The van der Waals surface area contributed by atoms with E-state index in [1.54, 1.807) is 105 Å². The van der Waals surface area contributed by atoms with Gasteiger partial charge in [0.1, 0.15) is 40.7 Å². The molecule has 3 amide bonds. The number of nitrogen functional groups attached to an aromatic ring is 1. The number of carboxylic acids is 1. The Morgan fingerprint density at radius 2 is 0.837 bits per heavy atom. The van der Waals surface area contributed by atoms with E-state index < -0.39 is 23.9 Å². The smallest absolute Gasteiger partial charge is 0.870 e. The van der Waals surface area contributed by atoms with Crippen LogP contribution in [-0.2, 0) is 23.7 Å². The summed E-state index contributed by atoms with van der Waals surface area (Å²) in [6, 6.07) is 45.8. The number of nitrogens with two attached hydrogens (primary N) is 2. The Balaban J connectivity index is 0.000000245. The molecular formula is C91H107F4N17NaO14S2-. The zero-order valence-electron chi connectivity index (χ0n) is 72.0. The van der Waals surface area contributed by atoms with E-state index in [2.05, 4.69) is 50.1 Å². The maximum absolute atomic E-state index is 13.4. The summed E-state index contributed by atoms with van der Waals surface area (Å²) in [6.07, 6.45) is 3.35. The molecule has 0 aliphatic carbocycles. The molecule has 4 fully saturated rings. The van der Waals surface area contributed by atoms with Gasteiger partial charge in [0.15, 0.2) is 10.0 Å². The van der Waals surface area contributed by atoms with Gasteiger partial charge in [-0.3, -0.25) is 37.9 Å². The number of aromatic carboxylic acids is 1. The molecule has 13 aromatic rings. The molecule has 0 unspecified atom stereocenters. The van der Waals surface area contributed by atoms with Crippen LogP contribution in [0.4, 0.5) is 34.6 Å². The van der Waals surface area contributed by atoms with Crippen molar-refractivity contribution < 1.29 is 115 Å². The number of carboxylic acid groups (broad SMARTS) is 1. The van der Waals surface area contributed by atoms with E-state index in [0.29, 0.717) is 98.9 Å². The van der Waals surface area contributed by atoms with Crippen molar-refractivity contribution in [3.05, 3.63) is 272 Å². The molecule has 9 heterocycles.